The van der Waals surface area contributed by atoms with Crippen molar-refractivity contribution in [2.24, 2.45) is 0 Å². The van der Waals surface area contributed by atoms with E-state index in [-0.39, 0.29) is 17.2 Å². The largest absolute Gasteiger partial charge is 0.490 e. The molecule has 3 rings (SSSR count). The van der Waals surface area contributed by atoms with Crippen molar-refractivity contribution in [2.75, 3.05) is 23.8 Å². The number of aromatic nitrogens is 3. The van der Waals surface area contributed by atoms with Crippen molar-refractivity contribution in [3.05, 3.63) is 40.3 Å². The number of anilines is 1. The number of hydrogen-bond acceptors (Lipinski definition) is 6. The van der Waals surface area contributed by atoms with Crippen LogP contribution < -0.4 is 15.2 Å². The summed E-state index contributed by atoms with van der Waals surface area (Å²) in [5.41, 5.74) is 1.51. The summed E-state index contributed by atoms with van der Waals surface area (Å²) in [6, 6.07) is 5.75. The van der Waals surface area contributed by atoms with Crippen LogP contribution in [0.15, 0.2) is 34.3 Å². The van der Waals surface area contributed by atoms with Crippen molar-refractivity contribution >= 4 is 23.4 Å². The predicted octanol–water partition coefficient (Wildman–Crippen LogP) is 0.991. The number of fused-ring (bicyclic) bond motifs is 1. The number of amides is 1. The molecule has 0 saturated heterocycles. The van der Waals surface area contributed by atoms with Crippen LogP contribution in [-0.4, -0.2) is 40.0 Å². The van der Waals surface area contributed by atoms with Crippen LogP contribution >= 0.6 is 11.8 Å². The van der Waals surface area contributed by atoms with E-state index >= 15 is 0 Å². The first-order chi connectivity index (χ1) is 10.6. The summed E-state index contributed by atoms with van der Waals surface area (Å²) in [7, 11) is 0. The Morgan fingerprint density at radius 1 is 1.50 bits per heavy atom. The third-order valence-electron chi connectivity index (χ3n) is 3.16. The second-order valence-electron chi connectivity index (χ2n) is 4.79. The Hall–Kier alpha value is -2.35. The lowest BCUT2D eigenvalue weighted by atomic mass is 10.1. The maximum atomic E-state index is 12.4. The average molecular weight is 318 g/mol. The van der Waals surface area contributed by atoms with Gasteiger partial charge in [-0.05, 0) is 24.6 Å². The number of ether oxygens (including phenoxy) is 1. The molecule has 114 valence electrons. The van der Waals surface area contributed by atoms with Crippen LogP contribution in [0.3, 0.4) is 0 Å². The van der Waals surface area contributed by atoms with Crippen molar-refractivity contribution in [1.82, 2.24) is 15.2 Å². The smallest absolute Gasteiger partial charge is 0.270 e. The van der Waals surface area contributed by atoms with Gasteiger partial charge in [-0.25, -0.2) is 0 Å². The second kappa shape index (κ2) is 6.18. The highest BCUT2D eigenvalue weighted by atomic mass is 32.2. The Morgan fingerprint density at radius 3 is 3.18 bits per heavy atom. The van der Waals surface area contributed by atoms with Crippen LogP contribution in [0.1, 0.15) is 5.56 Å². The number of H-pyrrole nitrogens is 1. The molecule has 0 bridgehead atoms. The van der Waals surface area contributed by atoms with Gasteiger partial charge < -0.3 is 9.64 Å². The van der Waals surface area contributed by atoms with E-state index in [0.717, 1.165) is 29.2 Å². The highest BCUT2D eigenvalue weighted by Gasteiger charge is 2.23. The van der Waals surface area contributed by atoms with Gasteiger partial charge in [0.1, 0.15) is 18.6 Å². The molecule has 1 N–H and O–H groups in total. The fourth-order valence-corrected chi connectivity index (χ4v) is 2.85. The van der Waals surface area contributed by atoms with Crippen molar-refractivity contribution in [1.29, 1.82) is 0 Å². The molecule has 1 aliphatic rings. The Bertz CT molecular complexity index is 762. The van der Waals surface area contributed by atoms with E-state index in [2.05, 4.69) is 15.2 Å². The summed E-state index contributed by atoms with van der Waals surface area (Å²) in [5.74, 6) is 0.817. The molecule has 1 amide bonds. The Balaban J connectivity index is 1.74. The first-order valence-corrected chi connectivity index (χ1v) is 7.70. The van der Waals surface area contributed by atoms with Crippen molar-refractivity contribution in [3.63, 3.8) is 0 Å². The summed E-state index contributed by atoms with van der Waals surface area (Å²) in [5, 5.41) is 7.67. The van der Waals surface area contributed by atoms with E-state index in [4.69, 9.17) is 4.74 Å². The number of benzene rings is 1. The van der Waals surface area contributed by atoms with Gasteiger partial charge in [-0.1, -0.05) is 17.8 Å². The van der Waals surface area contributed by atoms with Crippen molar-refractivity contribution in [2.45, 2.75) is 12.1 Å². The zero-order valence-corrected chi connectivity index (χ0v) is 12.7. The average Bonchev–Trinajstić information content (AvgIpc) is 2.52. The molecule has 0 atom stereocenters. The molecular formula is C14H14N4O3S. The number of carbonyl (C=O) groups is 1. The molecule has 0 radical (unpaired) electrons. The maximum absolute atomic E-state index is 12.4. The molecule has 1 aromatic carbocycles. The van der Waals surface area contributed by atoms with Gasteiger partial charge >= 0.3 is 0 Å². The van der Waals surface area contributed by atoms with Crippen molar-refractivity contribution < 1.29 is 9.53 Å². The first kappa shape index (κ1) is 14.6. The summed E-state index contributed by atoms with van der Waals surface area (Å²) in [4.78, 5) is 27.8. The number of carbonyl (C=O) groups excluding carboxylic acids is 1. The zero-order valence-electron chi connectivity index (χ0n) is 11.9. The van der Waals surface area contributed by atoms with Gasteiger partial charge in [0.05, 0.1) is 18.0 Å². The van der Waals surface area contributed by atoms with Crippen LogP contribution in [0.4, 0.5) is 5.69 Å². The quantitative estimate of drug-likeness (QED) is 0.849. The van der Waals surface area contributed by atoms with E-state index in [1.807, 2.05) is 25.1 Å². The van der Waals surface area contributed by atoms with E-state index in [9.17, 15) is 9.59 Å². The summed E-state index contributed by atoms with van der Waals surface area (Å²) in [6.45, 7) is 2.94. The maximum Gasteiger partial charge on any atom is 0.270 e. The second-order valence-corrected chi connectivity index (χ2v) is 5.76. The number of nitrogens with one attached hydrogen (secondary N) is 1. The molecule has 2 aromatic rings. The predicted molar refractivity (Wildman–Crippen MR) is 82.4 cm³/mol. The molecule has 0 spiro atoms. The molecule has 0 fully saturated rings. The fraction of sp³-hybridized carbons (Fsp3) is 0.286. The molecule has 0 unspecified atom stereocenters. The van der Waals surface area contributed by atoms with E-state index in [1.165, 1.54) is 0 Å². The van der Waals surface area contributed by atoms with Gasteiger partial charge in [0, 0.05) is 0 Å². The number of nitrogens with zero attached hydrogens (tertiary/aromatic N) is 3. The van der Waals surface area contributed by atoms with Gasteiger partial charge in [0.25, 0.3) is 5.56 Å². The highest BCUT2D eigenvalue weighted by Crippen LogP contribution is 2.32. The molecule has 0 saturated carbocycles. The zero-order chi connectivity index (χ0) is 15.5. The van der Waals surface area contributed by atoms with Gasteiger partial charge in [-0.3, -0.25) is 14.6 Å². The van der Waals surface area contributed by atoms with Crippen LogP contribution in [0, 0.1) is 6.92 Å². The lowest BCUT2D eigenvalue weighted by Crippen LogP contribution is -2.39. The van der Waals surface area contributed by atoms with E-state index < -0.39 is 0 Å². The minimum atomic E-state index is -0.336. The molecular weight excluding hydrogens is 304 g/mol. The van der Waals surface area contributed by atoms with E-state index in [1.54, 1.807) is 4.90 Å². The van der Waals surface area contributed by atoms with Crippen LogP contribution in [-0.2, 0) is 4.79 Å². The van der Waals surface area contributed by atoms with Crippen LogP contribution in [0.2, 0.25) is 0 Å². The molecule has 0 aliphatic carbocycles. The Labute approximate surface area is 130 Å². The van der Waals surface area contributed by atoms with Crippen molar-refractivity contribution in [3.8, 4) is 5.75 Å². The molecule has 8 heteroatoms. The summed E-state index contributed by atoms with van der Waals surface area (Å²) >= 11 is 1.15. The molecule has 22 heavy (non-hydrogen) atoms. The SMILES string of the molecule is Cc1ccc2c(c1)N(C(=O)CSc1nncc(=O)[nH]1)CCO2. The molecule has 7 nitrogen and oxygen atoms in total. The number of thioether (sulfide) groups is 1. The minimum absolute atomic E-state index is 0.0633. The third-order valence-corrected chi connectivity index (χ3v) is 4.01. The normalized spacial score (nSPS) is 13.4. The molecule has 1 aromatic heterocycles. The van der Waals surface area contributed by atoms with Crippen LogP contribution in [0.5, 0.6) is 5.75 Å². The molecule has 1 aliphatic heterocycles. The fourth-order valence-electron chi connectivity index (χ4n) is 2.16. The lowest BCUT2D eigenvalue weighted by Gasteiger charge is -2.29. The van der Waals surface area contributed by atoms with Crippen LogP contribution in [0.25, 0.3) is 0 Å². The van der Waals surface area contributed by atoms with Gasteiger partial charge in [-0.2, -0.15) is 5.10 Å². The lowest BCUT2D eigenvalue weighted by molar-refractivity contribution is -0.116. The Kier molecular flexibility index (Phi) is 4.10. The Morgan fingerprint density at radius 2 is 2.36 bits per heavy atom. The van der Waals surface area contributed by atoms with E-state index in [0.29, 0.717) is 24.1 Å². The standard InChI is InChI=1S/C14H14N4O3S/c1-9-2-3-11-10(6-9)18(4-5-21-11)13(20)8-22-14-16-12(19)7-15-17-14/h2-3,6-7H,4-5,8H2,1H3,(H,16,17,19). The monoisotopic (exact) mass is 318 g/mol. The number of hydrogen-bond donors (Lipinski definition) is 1. The van der Waals surface area contributed by atoms with Gasteiger partial charge in [0.15, 0.2) is 5.16 Å². The van der Waals surface area contributed by atoms with Gasteiger partial charge in [0.2, 0.25) is 5.91 Å². The molecule has 2 heterocycles. The third kappa shape index (κ3) is 3.11. The van der Waals surface area contributed by atoms with Gasteiger partial charge in [-0.15, -0.1) is 5.10 Å². The topological polar surface area (TPSA) is 88.2 Å². The summed E-state index contributed by atoms with van der Waals surface area (Å²) in [6.07, 6.45) is 1.09. The first-order valence-electron chi connectivity index (χ1n) is 6.72. The number of aryl methyl sites for hydroxylation is 1. The number of rotatable bonds is 3. The number of aromatic amines is 1. The minimum Gasteiger partial charge on any atom is -0.490 e. The summed E-state index contributed by atoms with van der Waals surface area (Å²) < 4.78 is 5.57. The highest BCUT2D eigenvalue weighted by molar-refractivity contribution is 7.99.